The highest BCUT2D eigenvalue weighted by atomic mass is 16.1. The van der Waals surface area contributed by atoms with Gasteiger partial charge in [0.15, 0.2) is 5.96 Å². The van der Waals surface area contributed by atoms with Crippen LogP contribution >= 0.6 is 0 Å². The van der Waals surface area contributed by atoms with Crippen LogP contribution in [0.25, 0.3) is 0 Å². The molecule has 0 aliphatic heterocycles. The van der Waals surface area contributed by atoms with Gasteiger partial charge in [0, 0.05) is 39.8 Å². The second-order valence-electron chi connectivity index (χ2n) is 5.45. The molecule has 5 nitrogen and oxygen atoms in total. The summed E-state index contributed by atoms with van der Waals surface area (Å²) in [6.07, 6.45) is 4.93. The third kappa shape index (κ3) is 7.49. The minimum absolute atomic E-state index is 0.0530. The number of nitrogens with one attached hydrogen (secondary N) is 2. The molecule has 5 heteroatoms. The number of anilines is 1. The number of rotatable bonds is 8. The summed E-state index contributed by atoms with van der Waals surface area (Å²) in [4.78, 5) is 17.4. The molecule has 1 amide bonds. The van der Waals surface area contributed by atoms with Gasteiger partial charge in [-0.25, -0.2) is 0 Å². The third-order valence-electron chi connectivity index (χ3n) is 3.45. The van der Waals surface area contributed by atoms with E-state index in [0.717, 1.165) is 44.0 Å². The van der Waals surface area contributed by atoms with E-state index in [1.54, 1.807) is 7.05 Å². The van der Waals surface area contributed by atoms with Gasteiger partial charge in [-0.15, -0.1) is 6.58 Å². The van der Waals surface area contributed by atoms with Gasteiger partial charge in [-0.05, 0) is 37.0 Å². The summed E-state index contributed by atoms with van der Waals surface area (Å²) in [5.74, 6) is 0.853. The van der Waals surface area contributed by atoms with E-state index in [1.807, 2.05) is 37.4 Å². The van der Waals surface area contributed by atoms with Gasteiger partial charge in [0.25, 0.3) is 0 Å². The van der Waals surface area contributed by atoms with E-state index in [0.29, 0.717) is 0 Å². The van der Waals surface area contributed by atoms with Crippen LogP contribution in [0, 0.1) is 0 Å². The maximum atomic E-state index is 11.0. The second kappa shape index (κ2) is 10.4. The quantitative estimate of drug-likeness (QED) is 0.335. The summed E-state index contributed by atoms with van der Waals surface area (Å²) < 4.78 is 0. The van der Waals surface area contributed by atoms with Crippen molar-refractivity contribution in [3.63, 3.8) is 0 Å². The van der Waals surface area contributed by atoms with Crippen LogP contribution in [-0.4, -0.2) is 44.0 Å². The van der Waals surface area contributed by atoms with Crippen molar-refractivity contribution in [2.75, 3.05) is 32.5 Å². The highest BCUT2D eigenvalue weighted by Gasteiger charge is 2.04. The van der Waals surface area contributed by atoms with E-state index in [2.05, 4.69) is 27.1 Å². The van der Waals surface area contributed by atoms with Crippen molar-refractivity contribution in [1.82, 2.24) is 10.2 Å². The monoisotopic (exact) mass is 316 g/mol. The zero-order valence-corrected chi connectivity index (χ0v) is 14.4. The number of aliphatic imine (C=N–C) groups is 1. The van der Waals surface area contributed by atoms with Crippen LogP contribution in [0.2, 0.25) is 0 Å². The van der Waals surface area contributed by atoms with E-state index >= 15 is 0 Å². The third-order valence-corrected chi connectivity index (χ3v) is 3.45. The predicted octanol–water partition coefficient (Wildman–Crippen LogP) is 2.66. The Kier molecular flexibility index (Phi) is 8.50. The lowest BCUT2D eigenvalue weighted by Crippen LogP contribution is -2.40. The largest absolute Gasteiger partial charge is 0.356 e. The first-order valence-corrected chi connectivity index (χ1v) is 7.96. The van der Waals surface area contributed by atoms with Crippen LogP contribution in [0.4, 0.5) is 5.69 Å². The second-order valence-corrected chi connectivity index (χ2v) is 5.45. The SMILES string of the molecule is C=CCCCN(C)C(=NC)NCCc1ccc(NC(C)=O)cc1. The van der Waals surface area contributed by atoms with Crippen molar-refractivity contribution in [3.8, 4) is 0 Å². The Morgan fingerprint density at radius 3 is 2.61 bits per heavy atom. The van der Waals surface area contributed by atoms with E-state index in [-0.39, 0.29) is 5.91 Å². The summed E-state index contributed by atoms with van der Waals surface area (Å²) >= 11 is 0. The molecule has 23 heavy (non-hydrogen) atoms. The van der Waals surface area contributed by atoms with Crippen molar-refractivity contribution in [3.05, 3.63) is 42.5 Å². The smallest absolute Gasteiger partial charge is 0.221 e. The lowest BCUT2D eigenvalue weighted by Gasteiger charge is -2.21. The summed E-state index contributed by atoms with van der Waals surface area (Å²) in [7, 11) is 3.84. The lowest BCUT2D eigenvalue weighted by atomic mass is 10.1. The summed E-state index contributed by atoms with van der Waals surface area (Å²) in [6, 6.07) is 7.91. The summed E-state index contributed by atoms with van der Waals surface area (Å²) in [6.45, 7) is 7.02. The highest BCUT2D eigenvalue weighted by Crippen LogP contribution is 2.09. The molecule has 0 saturated heterocycles. The fourth-order valence-electron chi connectivity index (χ4n) is 2.24. The number of unbranched alkanes of at least 4 members (excludes halogenated alkanes) is 1. The number of carbonyl (C=O) groups is 1. The predicted molar refractivity (Wildman–Crippen MR) is 97.9 cm³/mol. The van der Waals surface area contributed by atoms with Crippen molar-refractivity contribution in [2.45, 2.75) is 26.2 Å². The van der Waals surface area contributed by atoms with E-state index < -0.39 is 0 Å². The molecule has 0 radical (unpaired) electrons. The number of allylic oxidation sites excluding steroid dienone is 1. The minimum Gasteiger partial charge on any atom is -0.356 e. The molecule has 0 atom stereocenters. The van der Waals surface area contributed by atoms with Gasteiger partial charge in [-0.2, -0.15) is 0 Å². The van der Waals surface area contributed by atoms with Gasteiger partial charge in [0.05, 0.1) is 0 Å². The van der Waals surface area contributed by atoms with Crippen molar-refractivity contribution in [1.29, 1.82) is 0 Å². The molecule has 0 spiro atoms. The van der Waals surface area contributed by atoms with Gasteiger partial charge >= 0.3 is 0 Å². The number of amides is 1. The van der Waals surface area contributed by atoms with Crippen LogP contribution in [0.1, 0.15) is 25.3 Å². The van der Waals surface area contributed by atoms with E-state index in [1.165, 1.54) is 12.5 Å². The molecule has 0 heterocycles. The van der Waals surface area contributed by atoms with Gasteiger partial charge in [0.1, 0.15) is 0 Å². The molecule has 0 aromatic heterocycles. The number of hydrogen-bond acceptors (Lipinski definition) is 2. The standard InChI is InChI=1S/C18H28N4O/c1-5-6-7-14-22(4)18(19-3)20-13-12-16-8-10-17(11-9-16)21-15(2)23/h5,8-11H,1,6-7,12-14H2,2-4H3,(H,19,20)(H,21,23). The van der Waals surface area contributed by atoms with Gasteiger partial charge in [-0.3, -0.25) is 9.79 Å². The summed E-state index contributed by atoms with van der Waals surface area (Å²) in [5.41, 5.74) is 2.04. The number of nitrogens with zero attached hydrogens (tertiary/aromatic N) is 2. The highest BCUT2D eigenvalue weighted by molar-refractivity contribution is 5.88. The first-order chi connectivity index (χ1) is 11.1. The molecule has 0 aliphatic carbocycles. The fraction of sp³-hybridized carbons (Fsp3) is 0.444. The van der Waals surface area contributed by atoms with Crippen LogP contribution < -0.4 is 10.6 Å². The molecule has 0 unspecified atom stereocenters. The Balaban J connectivity index is 2.39. The zero-order chi connectivity index (χ0) is 17.1. The molecule has 126 valence electrons. The Labute approximate surface area is 139 Å². The van der Waals surface area contributed by atoms with Crippen LogP contribution in [-0.2, 0) is 11.2 Å². The minimum atomic E-state index is -0.0530. The number of hydrogen-bond donors (Lipinski definition) is 2. The normalized spacial score (nSPS) is 11.0. The molecule has 0 aliphatic rings. The number of benzene rings is 1. The van der Waals surface area contributed by atoms with Crippen LogP contribution in [0.15, 0.2) is 41.9 Å². The molecule has 0 saturated carbocycles. The molecule has 0 fully saturated rings. The van der Waals surface area contributed by atoms with E-state index in [9.17, 15) is 4.79 Å². The average molecular weight is 316 g/mol. The number of carbonyl (C=O) groups excluding carboxylic acids is 1. The molecular formula is C18H28N4O. The van der Waals surface area contributed by atoms with Crippen molar-refractivity contribution >= 4 is 17.6 Å². The van der Waals surface area contributed by atoms with Crippen LogP contribution in [0.3, 0.4) is 0 Å². The maximum Gasteiger partial charge on any atom is 0.221 e. The van der Waals surface area contributed by atoms with Gasteiger partial charge < -0.3 is 15.5 Å². The maximum absolute atomic E-state index is 11.0. The average Bonchev–Trinajstić information content (AvgIpc) is 2.52. The molecule has 0 bridgehead atoms. The first kappa shape index (κ1) is 18.7. The Morgan fingerprint density at radius 1 is 1.35 bits per heavy atom. The van der Waals surface area contributed by atoms with Gasteiger partial charge in [-0.1, -0.05) is 18.2 Å². The van der Waals surface area contributed by atoms with Crippen molar-refractivity contribution in [2.24, 2.45) is 4.99 Å². The Bertz CT molecular complexity index is 522. The van der Waals surface area contributed by atoms with E-state index in [4.69, 9.17) is 0 Å². The molecular weight excluding hydrogens is 288 g/mol. The molecule has 1 aromatic rings. The Morgan fingerprint density at radius 2 is 2.04 bits per heavy atom. The zero-order valence-electron chi connectivity index (χ0n) is 14.4. The van der Waals surface area contributed by atoms with Crippen molar-refractivity contribution < 1.29 is 4.79 Å². The number of guanidine groups is 1. The summed E-state index contributed by atoms with van der Waals surface area (Å²) in [5, 5.41) is 6.14. The lowest BCUT2D eigenvalue weighted by molar-refractivity contribution is -0.114. The molecule has 1 aromatic carbocycles. The van der Waals surface area contributed by atoms with Gasteiger partial charge in [0.2, 0.25) is 5.91 Å². The molecule has 1 rings (SSSR count). The topological polar surface area (TPSA) is 56.7 Å². The molecule has 2 N–H and O–H groups in total. The Hall–Kier alpha value is -2.30. The van der Waals surface area contributed by atoms with Crippen LogP contribution in [0.5, 0.6) is 0 Å². The fourth-order valence-corrected chi connectivity index (χ4v) is 2.24. The first-order valence-electron chi connectivity index (χ1n) is 7.96.